The first-order valence-electron chi connectivity index (χ1n) is 5.63. The minimum atomic E-state index is -4.15. The summed E-state index contributed by atoms with van der Waals surface area (Å²) in [6, 6.07) is 5.76. The molecule has 0 aliphatic carbocycles. The van der Waals surface area contributed by atoms with E-state index in [4.69, 9.17) is 0 Å². The molecule has 1 heterocycles. The highest BCUT2D eigenvalue weighted by Crippen LogP contribution is 2.14. The minimum Gasteiger partial charge on any atom is -0.334 e. The fourth-order valence-electron chi connectivity index (χ4n) is 1.80. The molecule has 0 bridgehead atoms. The normalized spacial score (nSPS) is 12.2. The van der Waals surface area contributed by atoms with Crippen molar-refractivity contribution in [3.63, 3.8) is 0 Å². The number of benzene rings is 1. The number of hydrogen-bond donors (Lipinski definition) is 1. The van der Waals surface area contributed by atoms with Gasteiger partial charge in [0.15, 0.2) is 0 Å². The maximum Gasteiger partial charge on any atom is 0.401 e. The molecule has 3 nitrogen and oxygen atoms in total. The molecule has 0 saturated carbocycles. The third-order valence-electron chi connectivity index (χ3n) is 2.71. The maximum absolute atomic E-state index is 11.9. The van der Waals surface area contributed by atoms with Crippen LogP contribution >= 0.6 is 0 Å². The molecule has 6 heteroatoms. The van der Waals surface area contributed by atoms with Gasteiger partial charge in [-0.2, -0.15) is 13.2 Å². The Morgan fingerprint density at radius 3 is 2.83 bits per heavy atom. The predicted octanol–water partition coefficient (Wildman–Crippen LogP) is 2.27. The van der Waals surface area contributed by atoms with E-state index in [-0.39, 0.29) is 0 Å². The van der Waals surface area contributed by atoms with Gasteiger partial charge in [0.05, 0.1) is 23.9 Å². The van der Waals surface area contributed by atoms with Crippen LogP contribution in [0.5, 0.6) is 0 Å². The first-order valence-corrected chi connectivity index (χ1v) is 5.63. The zero-order chi connectivity index (χ0) is 13.2. The van der Waals surface area contributed by atoms with Gasteiger partial charge in [-0.3, -0.25) is 0 Å². The van der Waals surface area contributed by atoms with E-state index in [1.165, 1.54) is 0 Å². The standard InChI is InChI=1S/C12H14F3N3/c1-18-8-17-10-6-9(2-3-11(10)18)4-5-16-7-12(13,14)15/h2-3,6,8,16H,4-5,7H2,1H3. The molecule has 0 amide bonds. The van der Waals surface area contributed by atoms with Crippen LogP contribution in [0.15, 0.2) is 24.5 Å². The summed E-state index contributed by atoms with van der Waals surface area (Å²) in [4.78, 5) is 4.21. The second kappa shape index (κ2) is 4.97. The van der Waals surface area contributed by atoms with Crippen LogP contribution in [0.2, 0.25) is 0 Å². The number of nitrogens with zero attached hydrogens (tertiary/aromatic N) is 2. The third kappa shape index (κ3) is 3.22. The van der Waals surface area contributed by atoms with Crippen LogP contribution in [0.25, 0.3) is 11.0 Å². The van der Waals surface area contributed by atoms with Crippen LogP contribution in [0, 0.1) is 0 Å². The van der Waals surface area contributed by atoms with Crippen LogP contribution in [-0.2, 0) is 13.5 Å². The Morgan fingerprint density at radius 2 is 2.11 bits per heavy atom. The van der Waals surface area contributed by atoms with Gasteiger partial charge in [0, 0.05) is 7.05 Å². The van der Waals surface area contributed by atoms with Gasteiger partial charge in [0.1, 0.15) is 0 Å². The van der Waals surface area contributed by atoms with Crippen molar-refractivity contribution in [1.82, 2.24) is 14.9 Å². The lowest BCUT2D eigenvalue weighted by molar-refractivity contribution is -0.124. The lowest BCUT2D eigenvalue weighted by Gasteiger charge is -2.08. The molecule has 0 spiro atoms. The van der Waals surface area contributed by atoms with E-state index >= 15 is 0 Å². The van der Waals surface area contributed by atoms with E-state index in [0.717, 1.165) is 16.6 Å². The van der Waals surface area contributed by atoms with Crippen molar-refractivity contribution in [3.05, 3.63) is 30.1 Å². The van der Waals surface area contributed by atoms with Crippen molar-refractivity contribution >= 4 is 11.0 Å². The Bertz CT molecular complexity index is 531. The number of aromatic nitrogens is 2. The Hall–Kier alpha value is -1.56. The van der Waals surface area contributed by atoms with Crippen LogP contribution in [0.1, 0.15) is 5.56 Å². The van der Waals surface area contributed by atoms with Crippen molar-refractivity contribution in [1.29, 1.82) is 0 Å². The Balaban J connectivity index is 1.92. The zero-order valence-electron chi connectivity index (χ0n) is 9.96. The highest BCUT2D eigenvalue weighted by Gasteiger charge is 2.25. The SMILES string of the molecule is Cn1cnc2cc(CCNCC(F)(F)F)ccc21. The average Bonchev–Trinajstić information content (AvgIpc) is 2.65. The molecular formula is C12H14F3N3. The van der Waals surface area contributed by atoms with E-state index in [1.807, 2.05) is 29.8 Å². The maximum atomic E-state index is 11.9. The van der Waals surface area contributed by atoms with Crippen molar-refractivity contribution in [2.24, 2.45) is 7.05 Å². The quantitative estimate of drug-likeness (QED) is 0.851. The fraction of sp³-hybridized carbons (Fsp3) is 0.417. The molecule has 1 aromatic carbocycles. The first kappa shape index (κ1) is 12.9. The largest absolute Gasteiger partial charge is 0.401 e. The van der Waals surface area contributed by atoms with Crippen LogP contribution in [-0.4, -0.2) is 28.8 Å². The van der Waals surface area contributed by atoms with Crippen molar-refractivity contribution in [2.45, 2.75) is 12.6 Å². The number of alkyl halides is 3. The van der Waals surface area contributed by atoms with Crippen molar-refractivity contribution in [2.75, 3.05) is 13.1 Å². The molecule has 0 unspecified atom stereocenters. The Kier molecular flexibility index (Phi) is 3.56. The molecule has 0 fully saturated rings. The molecule has 0 radical (unpaired) electrons. The second-order valence-electron chi connectivity index (χ2n) is 4.22. The molecule has 0 atom stereocenters. The number of aryl methyl sites for hydroxylation is 1. The van der Waals surface area contributed by atoms with Crippen molar-refractivity contribution in [3.8, 4) is 0 Å². The number of rotatable bonds is 4. The number of hydrogen-bond acceptors (Lipinski definition) is 2. The predicted molar refractivity (Wildman–Crippen MR) is 63.3 cm³/mol. The summed E-state index contributed by atoms with van der Waals surface area (Å²) in [6.45, 7) is -0.642. The van der Waals surface area contributed by atoms with Gasteiger partial charge in [0.2, 0.25) is 0 Å². The summed E-state index contributed by atoms with van der Waals surface area (Å²) in [5, 5.41) is 2.38. The van der Waals surface area contributed by atoms with E-state index in [1.54, 1.807) is 6.33 Å². The van der Waals surface area contributed by atoms with Gasteiger partial charge < -0.3 is 9.88 Å². The van der Waals surface area contributed by atoms with E-state index in [9.17, 15) is 13.2 Å². The number of halogens is 3. The summed E-state index contributed by atoms with van der Waals surface area (Å²) in [5.74, 6) is 0. The van der Waals surface area contributed by atoms with Gasteiger partial charge in [-0.05, 0) is 30.7 Å². The van der Waals surface area contributed by atoms with Crippen molar-refractivity contribution < 1.29 is 13.2 Å². The van der Waals surface area contributed by atoms with E-state index < -0.39 is 12.7 Å². The summed E-state index contributed by atoms with van der Waals surface area (Å²) in [6.07, 6.45) is -1.87. The molecule has 18 heavy (non-hydrogen) atoms. The lowest BCUT2D eigenvalue weighted by atomic mass is 10.1. The molecule has 0 aliphatic rings. The molecule has 0 aliphatic heterocycles. The van der Waals surface area contributed by atoms with Gasteiger partial charge in [-0.25, -0.2) is 4.98 Å². The van der Waals surface area contributed by atoms with Crippen LogP contribution in [0.4, 0.5) is 13.2 Å². The number of imidazole rings is 1. The molecule has 2 rings (SSSR count). The average molecular weight is 257 g/mol. The Morgan fingerprint density at radius 1 is 1.33 bits per heavy atom. The van der Waals surface area contributed by atoms with E-state index in [0.29, 0.717) is 13.0 Å². The van der Waals surface area contributed by atoms with Gasteiger partial charge in [0.25, 0.3) is 0 Å². The summed E-state index contributed by atoms with van der Waals surface area (Å²) in [7, 11) is 1.90. The molecular weight excluding hydrogens is 243 g/mol. The summed E-state index contributed by atoms with van der Waals surface area (Å²) in [5.41, 5.74) is 2.86. The smallest absolute Gasteiger partial charge is 0.334 e. The zero-order valence-corrected chi connectivity index (χ0v) is 9.96. The third-order valence-corrected chi connectivity index (χ3v) is 2.71. The molecule has 1 aromatic heterocycles. The molecule has 0 saturated heterocycles. The highest BCUT2D eigenvalue weighted by atomic mass is 19.4. The van der Waals surface area contributed by atoms with Gasteiger partial charge >= 0.3 is 6.18 Å². The van der Waals surface area contributed by atoms with E-state index in [2.05, 4.69) is 10.3 Å². The monoisotopic (exact) mass is 257 g/mol. The minimum absolute atomic E-state index is 0.303. The topological polar surface area (TPSA) is 29.9 Å². The molecule has 1 N–H and O–H groups in total. The molecule has 98 valence electrons. The van der Waals surface area contributed by atoms with Crippen LogP contribution < -0.4 is 5.32 Å². The fourth-order valence-corrected chi connectivity index (χ4v) is 1.80. The second-order valence-corrected chi connectivity index (χ2v) is 4.22. The lowest BCUT2D eigenvalue weighted by Crippen LogP contribution is -2.30. The van der Waals surface area contributed by atoms with Gasteiger partial charge in [-0.15, -0.1) is 0 Å². The summed E-state index contributed by atoms with van der Waals surface area (Å²) >= 11 is 0. The number of fused-ring (bicyclic) bond motifs is 1. The first-order chi connectivity index (χ1) is 8.46. The number of nitrogens with one attached hydrogen (secondary N) is 1. The molecule has 2 aromatic rings. The Labute approximate surface area is 103 Å². The summed E-state index contributed by atoms with van der Waals surface area (Å²) < 4.78 is 37.7. The van der Waals surface area contributed by atoms with Crippen LogP contribution in [0.3, 0.4) is 0 Å². The van der Waals surface area contributed by atoms with Gasteiger partial charge in [-0.1, -0.05) is 6.07 Å². The highest BCUT2D eigenvalue weighted by molar-refractivity contribution is 5.75.